The quantitative estimate of drug-likeness (QED) is 0.823. The van der Waals surface area contributed by atoms with Crippen LogP contribution in [0, 0.1) is 11.7 Å². The van der Waals surface area contributed by atoms with E-state index in [1.54, 1.807) is 12.1 Å². The van der Waals surface area contributed by atoms with Crippen LogP contribution in [0.3, 0.4) is 0 Å². The first-order chi connectivity index (χ1) is 9.70. The standard InChI is InChI=1S/C16H23BrFNO/c1-2-7-19-16(10-12-5-8-20-9-6-12)14-11-13(17)3-4-15(14)18/h3-4,11-12,16,19H,2,5-10H2,1H3. The minimum absolute atomic E-state index is 0.0931. The third-order valence-corrected chi connectivity index (χ3v) is 4.38. The van der Waals surface area contributed by atoms with Crippen LogP contribution in [0.15, 0.2) is 22.7 Å². The SMILES string of the molecule is CCCNC(CC1CCOCC1)c1cc(Br)ccc1F. The van der Waals surface area contributed by atoms with Gasteiger partial charge in [-0.3, -0.25) is 0 Å². The Kier molecular flexibility index (Phi) is 6.46. The summed E-state index contributed by atoms with van der Waals surface area (Å²) in [6, 6.07) is 5.30. The van der Waals surface area contributed by atoms with Gasteiger partial charge in [-0.2, -0.15) is 0 Å². The van der Waals surface area contributed by atoms with Crippen molar-refractivity contribution in [2.75, 3.05) is 19.8 Å². The maximum Gasteiger partial charge on any atom is 0.128 e. The lowest BCUT2D eigenvalue weighted by atomic mass is 9.89. The van der Waals surface area contributed by atoms with E-state index >= 15 is 0 Å². The Morgan fingerprint density at radius 2 is 2.15 bits per heavy atom. The van der Waals surface area contributed by atoms with Gasteiger partial charge in [-0.1, -0.05) is 22.9 Å². The lowest BCUT2D eigenvalue weighted by Gasteiger charge is -2.28. The van der Waals surface area contributed by atoms with Gasteiger partial charge < -0.3 is 10.1 Å². The zero-order chi connectivity index (χ0) is 14.4. The molecule has 0 radical (unpaired) electrons. The van der Waals surface area contributed by atoms with Crippen molar-refractivity contribution in [2.24, 2.45) is 5.92 Å². The lowest BCUT2D eigenvalue weighted by molar-refractivity contribution is 0.0604. The van der Waals surface area contributed by atoms with Gasteiger partial charge >= 0.3 is 0 Å². The molecule has 0 amide bonds. The van der Waals surface area contributed by atoms with E-state index in [1.165, 1.54) is 0 Å². The van der Waals surface area contributed by atoms with Crippen LogP contribution in [0.5, 0.6) is 0 Å². The van der Waals surface area contributed by atoms with Gasteiger partial charge in [0.25, 0.3) is 0 Å². The van der Waals surface area contributed by atoms with Crippen LogP contribution in [-0.4, -0.2) is 19.8 Å². The number of halogens is 2. The second-order valence-corrected chi connectivity index (χ2v) is 6.38. The average Bonchev–Trinajstić information content (AvgIpc) is 2.47. The molecule has 0 bridgehead atoms. The van der Waals surface area contributed by atoms with Crippen molar-refractivity contribution in [2.45, 2.75) is 38.6 Å². The van der Waals surface area contributed by atoms with Crippen molar-refractivity contribution in [1.29, 1.82) is 0 Å². The van der Waals surface area contributed by atoms with Crippen LogP contribution in [0.2, 0.25) is 0 Å². The van der Waals surface area contributed by atoms with Crippen molar-refractivity contribution in [1.82, 2.24) is 5.32 Å². The van der Waals surface area contributed by atoms with Crippen LogP contribution in [0.1, 0.15) is 44.2 Å². The summed E-state index contributed by atoms with van der Waals surface area (Å²) >= 11 is 3.44. The Balaban J connectivity index is 2.10. The van der Waals surface area contributed by atoms with Crippen molar-refractivity contribution in [3.05, 3.63) is 34.1 Å². The van der Waals surface area contributed by atoms with E-state index in [0.29, 0.717) is 5.92 Å². The molecule has 2 nitrogen and oxygen atoms in total. The van der Waals surface area contributed by atoms with E-state index < -0.39 is 0 Å². The smallest absolute Gasteiger partial charge is 0.128 e. The highest BCUT2D eigenvalue weighted by molar-refractivity contribution is 9.10. The third-order valence-electron chi connectivity index (χ3n) is 3.88. The third kappa shape index (κ3) is 4.54. The summed E-state index contributed by atoms with van der Waals surface area (Å²) < 4.78 is 20.5. The Morgan fingerprint density at radius 3 is 2.85 bits per heavy atom. The Morgan fingerprint density at radius 1 is 1.40 bits per heavy atom. The number of ether oxygens (including phenoxy) is 1. The molecule has 0 aromatic heterocycles. The molecule has 1 aliphatic rings. The fourth-order valence-corrected chi connectivity index (χ4v) is 3.11. The molecule has 112 valence electrons. The first-order valence-electron chi connectivity index (χ1n) is 7.46. The van der Waals surface area contributed by atoms with Crippen LogP contribution in [-0.2, 0) is 4.74 Å². The van der Waals surface area contributed by atoms with Gasteiger partial charge in [-0.05, 0) is 56.3 Å². The molecular weight excluding hydrogens is 321 g/mol. The molecule has 0 aliphatic carbocycles. The van der Waals surface area contributed by atoms with Crippen molar-refractivity contribution < 1.29 is 9.13 Å². The van der Waals surface area contributed by atoms with Crippen molar-refractivity contribution in [3.8, 4) is 0 Å². The summed E-state index contributed by atoms with van der Waals surface area (Å²) in [5.41, 5.74) is 0.777. The molecule has 1 unspecified atom stereocenters. The molecule has 1 N–H and O–H groups in total. The fraction of sp³-hybridized carbons (Fsp3) is 0.625. The summed E-state index contributed by atoms with van der Waals surface area (Å²) in [5, 5.41) is 3.50. The monoisotopic (exact) mass is 343 g/mol. The second kappa shape index (κ2) is 8.11. The van der Waals surface area contributed by atoms with E-state index in [4.69, 9.17) is 4.74 Å². The maximum atomic E-state index is 14.1. The Labute approximate surface area is 129 Å². The molecule has 0 spiro atoms. The van der Waals surface area contributed by atoms with Gasteiger partial charge in [0.2, 0.25) is 0 Å². The number of nitrogens with one attached hydrogen (secondary N) is 1. The summed E-state index contributed by atoms with van der Waals surface area (Å²) in [6.45, 7) is 4.73. The first kappa shape index (κ1) is 15.9. The Hall–Kier alpha value is -0.450. The number of rotatable bonds is 6. The molecule has 2 rings (SSSR count). The van der Waals surface area contributed by atoms with Gasteiger partial charge in [0.1, 0.15) is 5.82 Å². The predicted molar refractivity (Wildman–Crippen MR) is 83.3 cm³/mol. The molecule has 1 fully saturated rings. The summed E-state index contributed by atoms with van der Waals surface area (Å²) in [5.74, 6) is 0.505. The molecule has 1 aromatic rings. The highest BCUT2D eigenvalue weighted by Gasteiger charge is 2.22. The molecule has 1 aromatic carbocycles. The molecule has 1 aliphatic heterocycles. The summed E-state index contributed by atoms with van der Waals surface area (Å²) in [6.07, 6.45) is 4.20. The maximum absolute atomic E-state index is 14.1. The molecule has 1 atom stereocenters. The second-order valence-electron chi connectivity index (χ2n) is 5.46. The molecule has 0 saturated carbocycles. The van der Waals surface area contributed by atoms with Crippen molar-refractivity contribution in [3.63, 3.8) is 0 Å². The lowest BCUT2D eigenvalue weighted by Crippen LogP contribution is -2.27. The van der Waals surface area contributed by atoms with Gasteiger partial charge in [0, 0.05) is 29.3 Å². The number of benzene rings is 1. The Bertz CT molecular complexity index is 421. The summed E-state index contributed by atoms with van der Waals surface area (Å²) in [7, 11) is 0. The highest BCUT2D eigenvalue weighted by atomic mass is 79.9. The predicted octanol–water partition coefficient (Wildman–Crippen LogP) is 4.45. The molecule has 4 heteroatoms. The topological polar surface area (TPSA) is 21.3 Å². The zero-order valence-corrected chi connectivity index (χ0v) is 13.6. The van der Waals surface area contributed by atoms with Gasteiger partial charge in [0.15, 0.2) is 0 Å². The van der Waals surface area contributed by atoms with Crippen LogP contribution >= 0.6 is 15.9 Å². The van der Waals surface area contributed by atoms with Gasteiger partial charge in [-0.25, -0.2) is 4.39 Å². The molecule has 1 saturated heterocycles. The molecule has 20 heavy (non-hydrogen) atoms. The largest absolute Gasteiger partial charge is 0.381 e. The molecule has 1 heterocycles. The first-order valence-corrected chi connectivity index (χ1v) is 8.26. The van der Waals surface area contributed by atoms with Crippen LogP contribution in [0.4, 0.5) is 4.39 Å². The molecular formula is C16H23BrFNO. The minimum atomic E-state index is -0.117. The minimum Gasteiger partial charge on any atom is -0.381 e. The number of hydrogen-bond donors (Lipinski definition) is 1. The van der Waals surface area contributed by atoms with E-state index in [9.17, 15) is 4.39 Å². The van der Waals surface area contributed by atoms with Gasteiger partial charge in [0.05, 0.1) is 0 Å². The van der Waals surface area contributed by atoms with E-state index in [1.807, 2.05) is 6.07 Å². The van der Waals surface area contributed by atoms with Gasteiger partial charge in [-0.15, -0.1) is 0 Å². The van der Waals surface area contributed by atoms with Crippen LogP contribution in [0.25, 0.3) is 0 Å². The van der Waals surface area contributed by atoms with E-state index in [2.05, 4.69) is 28.2 Å². The fourth-order valence-electron chi connectivity index (χ4n) is 2.74. The van der Waals surface area contributed by atoms with E-state index in [-0.39, 0.29) is 11.9 Å². The summed E-state index contributed by atoms with van der Waals surface area (Å²) in [4.78, 5) is 0. The zero-order valence-electron chi connectivity index (χ0n) is 12.0. The van der Waals surface area contributed by atoms with Crippen molar-refractivity contribution >= 4 is 15.9 Å². The van der Waals surface area contributed by atoms with Crippen LogP contribution < -0.4 is 5.32 Å². The highest BCUT2D eigenvalue weighted by Crippen LogP contribution is 2.30. The average molecular weight is 344 g/mol. The van der Waals surface area contributed by atoms with E-state index in [0.717, 1.165) is 55.5 Å². The number of hydrogen-bond acceptors (Lipinski definition) is 2. The normalized spacial score (nSPS) is 18.1.